The highest BCUT2D eigenvalue weighted by Gasteiger charge is 2.33. The van der Waals surface area contributed by atoms with Crippen LogP contribution in [0.15, 0.2) is 87.8 Å². The number of rotatable bonds is 9. The van der Waals surface area contributed by atoms with Crippen LogP contribution in [0, 0.1) is 0 Å². The monoisotopic (exact) mass is 616 g/mol. The molecule has 1 unspecified atom stereocenters. The van der Waals surface area contributed by atoms with Crippen LogP contribution in [0.25, 0.3) is 6.08 Å². The number of halogens is 1. The summed E-state index contributed by atoms with van der Waals surface area (Å²) in [5, 5.41) is 0.665. The van der Waals surface area contributed by atoms with E-state index in [1.54, 1.807) is 31.6 Å². The first kappa shape index (κ1) is 30.3. The van der Waals surface area contributed by atoms with E-state index in [0.717, 1.165) is 16.7 Å². The van der Waals surface area contributed by atoms with Gasteiger partial charge in [0, 0.05) is 5.02 Å². The lowest BCUT2D eigenvalue weighted by Gasteiger charge is -2.25. The fourth-order valence-corrected chi connectivity index (χ4v) is 6.13. The number of ether oxygens (including phenoxy) is 3. The minimum atomic E-state index is -0.656. The molecule has 0 aliphatic carbocycles. The zero-order chi connectivity index (χ0) is 30.7. The van der Waals surface area contributed by atoms with E-state index in [-0.39, 0.29) is 12.2 Å². The second-order valence-electron chi connectivity index (χ2n) is 10.4. The van der Waals surface area contributed by atoms with E-state index < -0.39 is 12.0 Å². The average molecular weight is 617 g/mol. The van der Waals surface area contributed by atoms with Gasteiger partial charge in [-0.1, -0.05) is 79.2 Å². The highest BCUT2D eigenvalue weighted by molar-refractivity contribution is 7.07. The molecule has 7 nitrogen and oxygen atoms in total. The van der Waals surface area contributed by atoms with Crippen molar-refractivity contribution >= 4 is 35.0 Å². The molecule has 0 fully saturated rings. The highest BCUT2D eigenvalue weighted by Crippen LogP contribution is 2.32. The first-order chi connectivity index (χ1) is 20.7. The van der Waals surface area contributed by atoms with Crippen molar-refractivity contribution in [3.05, 3.63) is 125 Å². The summed E-state index contributed by atoms with van der Waals surface area (Å²) in [4.78, 5) is 32.3. The van der Waals surface area contributed by atoms with Crippen LogP contribution in [0.4, 0.5) is 0 Å². The molecular weight excluding hydrogens is 584 g/mol. The maximum Gasteiger partial charge on any atom is 0.338 e. The normalized spacial score (nSPS) is 14.9. The number of aromatic nitrogens is 1. The Balaban J connectivity index is 1.54. The smallest absolute Gasteiger partial charge is 0.338 e. The molecule has 0 bridgehead atoms. The Morgan fingerprint density at radius 1 is 1.07 bits per heavy atom. The van der Waals surface area contributed by atoms with Gasteiger partial charge in [-0.3, -0.25) is 9.36 Å². The summed E-state index contributed by atoms with van der Waals surface area (Å²) in [5.74, 6) is 0.994. The molecule has 1 aliphatic rings. The maximum absolute atomic E-state index is 14.0. The van der Waals surface area contributed by atoms with Gasteiger partial charge in [0.2, 0.25) is 0 Å². The van der Waals surface area contributed by atoms with Crippen molar-refractivity contribution in [2.45, 2.75) is 46.3 Å². The molecular formula is C34H33ClN2O5S. The fraction of sp³-hybridized carbons (Fsp3) is 0.265. The topological polar surface area (TPSA) is 79.1 Å². The third kappa shape index (κ3) is 6.45. The number of hydrogen-bond donors (Lipinski definition) is 0. The van der Waals surface area contributed by atoms with Gasteiger partial charge in [0.25, 0.3) is 5.56 Å². The van der Waals surface area contributed by atoms with Gasteiger partial charge in [0.15, 0.2) is 16.3 Å². The molecule has 0 amide bonds. The van der Waals surface area contributed by atoms with Gasteiger partial charge in [0.1, 0.15) is 6.61 Å². The third-order valence-corrected chi connectivity index (χ3v) is 8.46. The van der Waals surface area contributed by atoms with E-state index >= 15 is 0 Å². The zero-order valence-electron chi connectivity index (χ0n) is 24.7. The van der Waals surface area contributed by atoms with Gasteiger partial charge in [-0.25, -0.2) is 9.79 Å². The molecule has 5 rings (SSSR count). The lowest BCUT2D eigenvalue weighted by molar-refractivity contribution is -0.139. The van der Waals surface area contributed by atoms with E-state index in [1.165, 1.54) is 16.9 Å². The number of benzene rings is 3. The quantitative estimate of drug-likeness (QED) is 0.210. The largest absolute Gasteiger partial charge is 0.493 e. The predicted octanol–water partition coefficient (Wildman–Crippen LogP) is 6.16. The van der Waals surface area contributed by atoms with E-state index in [1.807, 2.05) is 66.7 Å². The minimum absolute atomic E-state index is 0.223. The number of allylic oxidation sites excluding steroid dienone is 1. The van der Waals surface area contributed by atoms with Crippen LogP contribution in [-0.2, 0) is 16.1 Å². The summed E-state index contributed by atoms with van der Waals surface area (Å²) >= 11 is 7.26. The second-order valence-corrected chi connectivity index (χ2v) is 11.9. The van der Waals surface area contributed by atoms with Crippen molar-refractivity contribution in [2.24, 2.45) is 4.99 Å². The van der Waals surface area contributed by atoms with Gasteiger partial charge in [-0.2, -0.15) is 0 Å². The summed E-state index contributed by atoms with van der Waals surface area (Å²) in [6.45, 7) is 8.37. The lowest BCUT2D eigenvalue weighted by atomic mass is 9.93. The first-order valence-corrected chi connectivity index (χ1v) is 15.2. The van der Waals surface area contributed by atoms with Gasteiger partial charge in [-0.15, -0.1) is 0 Å². The summed E-state index contributed by atoms with van der Waals surface area (Å²) in [6.07, 6.45) is 1.80. The number of esters is 1. The van der Waals surface area contributed by atoms with Crippen LogP contribution in [0.5, 0.6) is 11.5 Å². The molecule has 3 aromatic carbocycles. The standard InChI is InChI=1S/C34H33ClN2O5S/c1-6-41-33(39)30-21(4)36-34-37(31(30)25-12-10-24(11-13-25)20(2)3)32(38)29(43-34)18-23-9-16-27(28(17-23)40-5)42-19-22-7-14-26(35)15-8-22/h7-18,20,31H,6,19H2,1-5H3/b29-18-. The SMILES string of the molecule is CCOC(=O)C1=C(C)N=c2s/c(=C\c3ccc(OCc4ccc(Cl)cc4)c(OC)c3)c(=O)n2C1c1ccc(C(C)C)cc1. The fourth-order valence-electron chi connectivity index (χ4n) is 4.96. The molecule has 0 N–H and O–H groups in total. The van der Waals surface area contributed by atoms with Crippen LogP contribution in [0.3, 0.4) is 0 Å². The Morgan fingerprint density at radius 3 is 2.44 bits per heavy atom. The van der Waals surface area contributed by atoms with Crippen molar-refractivity contribution in [3.8, 4) is 11.5 Å². The molecule has 222 valence electrons. The van der Waals surface area contributed by atoms with Crippen LogP contribution in [-0.4, -0.2) is 24.3 Å². The summed E-state index contributed by atoms with van der Waals surface area (Å²) in [7, 11) is 1.58. The molecule has 1 aliphatic heterocycles. The molecule has 0 saturated heterocycles. The van der Waals surface area contributed by atoms with Crippen LogP contribution >= 0.6 is 22.9 Å². The predicted molar refractivity (Wildman–Crippen MR) is 170 cm³/mol. The van der Waals surface area contributed by atoms with Gasteiger partial charge in [-0.05, 0) is 72.4 Å². The van der Waals surface area contributed by atoms with Crippen molar-refractivity contribution in [3.63, 3.8) is 0 Å². The van der Waals surface area contributed by atoms with Gasteiger partial charge in [0.05, 0.1) is 35.6 Å². The number of fused-ring (bicyclic) bond motifs is 1. The van der Waals surface area contributed by atoms with Crippen molar-refractivity contribution in [1.29, 1.82) is 0 Å². The average Bonchev–Trinajstić information content (AvgIpc) is 3.30. The second kappa shape index (κ2) is 13.0. The minimum Gasteiger partial charge on any atom is -0.493 e. The van der Waals surface area contributed by atoms with E-state index in [0.29, 0.717) is 49.7 Å². The summed E-state index contributed by atoms with van der Waals surface area (Å²) in [6, 6.07) is 20.3. The molecule has 2 heterocycles. The van der Waals surface area contributed by atoms with Gasteiger partial charge >= 0.3 is 5.97 Å². The Hall–Kier alpha value is -4.14. The Morgan fingerprint density at radius 2 is 1.79 bits per heavy atom. The Kier molecular flexibility index (Phi) is 9.18. The van der Waals surface area contributed by atoms with Crippen molar-refractivity contribution in [2.75, 3.05) is 13.7 Å². The molecule has 0 radical (unpaired) electrons. The highest BCUT2D eigenvalue weighted by atomic mass is 35.5. The van der Waals surface area contributed by atoms with E-state index in [4.69, 9.17) is 25.8 Å². The number of carbonyl (C=O) groups excluding carboxylic acids is 1. The maximum atomic E-state index is 14.0. The van der Waals surface area contributed by atoms with Crippen molar-refractivity contribution in [1.82, 2.24) is 4.57 Å². The number of thiazole rings is 1. The number of methoxy groups -OCH3 is 1. The molecule has 9 heteroatoms. The van der Waals surface area contributed by atoms with Crippen LogP contribution < -0.4 is 24.4 Å². The number of nitrogens with zero attached hydrogens (tertiary/aromatic N) is 2. The molecule has 1 aromatic heterocycles. The first-order valence-electron chi connectivity index (χ1n) is 14.0. The van der Waals surface area contributed by atoms with Gasteiger partial charge < -0.3 is 14.2 Å². The molecule has 0 spiro atoms. The lowest BCUT2D eigenvalue weighted by Crippen LogP contribution is -2.39. The van der Waals surface area contributed by atoms with Crippen LogP contribution in [0.1, 0.15) is 61.9 Å². The van der Waals surface area contributed by atoms with Crippen LogP contribution in [0.2, 0.25) is 5.02 Å². The third-order valence-electron chi connectivity index (χ3n) is 7.23. The van der Waals surface area contributed by atoms with E-state index in [9.17, 15) is 9.59 Å². The summed E-state index contributed by atoms with van der Waals surface area (Å²) < 4.78 is 19.1. The molecule has 43 heavy (non-hydrogen) atoms. The van der Waals surface area contributed by atoms with Crippen molar-refractivity contribution < 1.29 is 19.0 Å². The summed E-state index contributed by atoms with van der Waals surface area (Å²) in [5.41, 5.74) is 4.39. The number of carbonyl (C=O) groups is 1. The molecule has 0 saturated carbocycles. The molecule has 4 aromatic rings. The van der Waals surface area contributed by atoms with E-state index in [2.05, 4.69) is 18.8 Å². The number of hydrogen-bond acceptors (Lipinski definition) is 7. The zero-order valence-corrected chi connectivity index (χ0v) is 26.3. The molecule has 1 atom stereocenters. The Bertz CT molecular complexity index is 1850. The Labute approximate surface area is 259 Å².